The first-order chi connectivity index (χ1) is 7.08. The quantitative estimate of drug-likeness (QED) is 0.815. The molecule has 1 aromatic carbocycles. The lowest BCUT2D eigenvalue weighted by Gasteiger charge is -2.11. The van der Waals surface area contributed by atoms with Crippen LogP contribution in [0.3, 0.4) is 0 Å². The fraction of sp³-hybridized carbons (Fsp3) is 0.417. The second-order valence-electron chi connectivity index (χ2n) is 3.70. The van der Waals surface area contributed by atoms with Crippen molar-refractivity contribution in [1.82, 2.24) is 0 Å². The molecule has 0 radical (unpaired) electrons. The number of rotatable bonds is 3. The lowest BCUT2D eigenvalue weighted by molar-refractivity contribution is 0.408. The second kappa shape index (κ2) is 4.81. The maximum Gasteiger partial charge on any atom is 0.124 e. The first-order valence-electron chi connectivity index (χ1n) is 4.87. The number of nitriles is 1. The Hall–Kier alpha value is -1.53. The van der Waals surface area contributed by atoms with Gasteiger partial charge in [-0.05, 0) is 30.5 Å². The van der Waals surface area contributed by atoms with Crippen molar-refractivity contribution in [3.8, 4) is 11.8 Å². The topological polar surface area (TPSA) is 59.0 Å². The van der Waals surface area contributed by atoms with Crippen LogP contribution in [0.2, 0.25) is 0 Å². The average Bonchev–Trinajstić information content (AvgIpc) is 2.17. The van der Waals surface area contributed by atoms with Crippen LogP contribution in [0.1, 0.15) is 16.7 Å². The predicted molar refractivity (Wildman–Crippen MR) is 59.8 cm³/mol. The molecule has 1 aromatic rings. The second-order valence-corrected chi connectivity index (χ2v) is 3.70. The van der Waals surface area contributed by atoms with Gasteiger partial charge >= 0.3 is 0 Å². The lowest BCUT2D eigenvalue weighted by atomic mass is 10.0. The summed E-state index contributed by atoms with van der Waals surface area (Å²) in [4.78, 5) is 0. The molecule has 0 aromatic heterocycles. The Bertz CT molecular complexity index is 370. The van der Waals surface area contributed by atoms with Crippen molar-refractivity contribution in [2.45, 2.75) is 26.3 Å². The van der Waals surface area contributed by atoms with Gasteiger partial charge in [0, 0.05) is 6.42 Å². The van der Waals surface area contributed by atoms with Gasteiger partial charge in [-0.1, -0.05) is 12.1 Å². The van der Waals surface area contributed by atoms with E-state index >= 15 is 0 Å². The molecule has 3 nitrogen and oxygen atoms in total. The molecule has 1 unspecified atom stereocenters. The van der Waals surface area contributed by atoms with E-state index < -0.39 is 6.04 Å². The van der Waals surface area contributed by atoms with E-state index in [0.29, 0.717) is 6.42 Å². The van der Waals surface area contributed by atoms with Crippen molar-refractivity contribution in [2.24, 2.45) is 5.73 Å². The highest BCUT2D eigenvalue weighted by Gasteiger charge is 2.07. The molecule has 0 aliphatic rings. The van der Waals surface area contributed by atoms with Gasteiger partial charge < -0.3 is 10.5 Å². The summed E-state index contributed by atoms with van der Waals surface area (Å²) < 4.78 is 5.27. The minimum absolute atomic E-state index is 0.433. The number of hydrogen-bond acceptors (Lipinski definition) is 3. The van der Waals surface area contributed by atoms with Gasteiger partial charge in [0.05, 0.1) is 19.2 Å². The number of nitrogens with two attached hydrogens (primary N) is 1. The number of aryl methyl sites for hydroxylation is 2. The Balaban J connectivity index is 2.99. The summed E-state index contributed by atoms with van der Waals surface area (Å²) in [5.41, 5.74) is 8.83. The molecule has 0 spiro atoms. The molecule has 15 heavy (non-hydrogen) atoms. The lowest BCUT2D eigenvalue weighted by Crippen LogP contribution is -2.20. The van der Waals surface area contributed by atoms with Crippen molar-refractivity contribution >= 4 is 0 Å². The normalized spacial score (nSPS) is 11.9. The summed E-state index contributed by atoms with van der Waals surface area (Å²) in [6.45, 7) is 3.99. The highest BCUT2D eigenvalue weighted by Crippen LogP contribution is 2.24. The largest absolute Gasteiger partial charge is 0.496 e. The molecule has 2 N–H and O–H groups in total. The molecule has 0 heterocycles. The SMILES string of the molecule is COc1c(C)cc(CC(N)C#N)cc1C. The van der Waals surface area contributed by atoms with Gasteiger partial charge in [-0.2, -0.15) is 5.26 Å². The summed E-state index contributed by atoms with van der Waals surface area (Å²) in [6, 6.07) is 5.63. The van der Waals surface area contributed by atoms with E-state index in [-0.39, 0.29) is 0 Å². The van der Waals surface area contributed by atoms with Crippen LogP contribution in [0.25, 0.3) is 0 Å². The first kappa shape index (κ1) is 11.5. The van der Waals surface area contributed by atoms with Gasteiger partial charge in [0.2, 0.25) is 0 Å². The smallest absolute Gasteiger partial charge is 0.124 e. The van der Waals surface area contributed by atoms with Gasteiger partial charge in [0.25, 0.3) is 0 Å². The van der Waals surface area contributed by atoms with Gasteiger partial charge in [0.1, 0.15) is 5.75 Å². The van der Waals surface area contributed by atoms with Crippen LogP contribution in [0.4, 0.5) is 0 Å². The van der Waals surface area contributed by atoms with Crippen LogP contribution in [-0.4, -0.2) is 13.2 Å². The number of benzene rings is 1. The Kier molecular flexibility index (Phi) is 3.70. The number of methoxy groups -OCH3 is 1. The Morgan fingerprint density at radius 3 is 2.33 bits per heavy atom. The maximum atomic E-state index is 8.64. The fourth-order valence-corrected chi connectivity index (χ4v) is 1.78. The molecule has 0 aliphatic heterocycles. The number of hydrogen-bond donors (Lipinski definition) is 1. The molecule has 3 heteroatoms. The highest BCUT2D eigenvalue weighted by atomic mass is 16.5. The van der Waals surface area contributed by atoms with Crippen molar-refractivity contribution < 1.29 is 4.74 Å². The number of nitrogens with zero attached hydrogens (tertiary/aromatic N) is 1. The zero-order valence-electron chi connectivity index (χ0n) is 9.37. The van der Waals surface area contributed by atoms with E-state index in [1.54, 1.807) is 7.11 Å². The number of ether oxygens (including phenoxy) is 1. The Morgan fingerprint density at radius 1 is 1.40 bits per heavy atom. The third kappa shape index (κ3) is 2.71. The van der Waals surface area contributed by atoms with Crippen molar-refractivity contribution in [3.05, 3.63) is 28.8 Å². The molecule has 0 saturated heterocycles. The molecular formula is C12H16N2O. The summed E-state index contributed by atoms with van der Waals surface area (Å²) in [5.74, 6) is 0.907. The van der Waals surface area contributed by atoms with Crippen LogP contribution in [0.5, 0.6) is 5.75 Å². The molecule has 0 fully saturated rings. The first-order valence-corrected chi connectivity index (χ1v) is 4.87. The summed E-state index contributed by atoms with van der Waals surface area (Å²) in [6.07, 6.45) is 0.585. The zero-order valence-corrected chi connectivity index (χ0v) is 9.37. The molecule has 0 amide bonds. The third-order valence-electron chi connectivity index (χ3n) is 2.35. The molecule has 0 aliphatic carbocycles. The van der Waals surface area contributed by atoms with Gasteiger partial charge in [-0.25, -0.2) is 0 Å². The van der Waals surface area contributed by atoms with Crippen molar-refractivity contribution in [2.75, 3.05) is 7.11 Å². The molecule has 0 bridgehead atoms. The van der Waals surface area contributed by atoms with Crippen LogP contribution in [-0.2, 0) is 6.42 Å². The van der Waals surface area contributed by atoms with Gasteiger partial charge in [-0.3, -0.25) is 0 Å². The van der Waals surface area contributed by atoms with E-state index in [2.05, 4.69) is 0 Å². The van der Waals surface area contributed by atoms with Crippen LogP contribution in [0, 0.1) is 25.2 Å². The van der Waals surface area contributed by atoms with Crippen LogP contribution < -0.4 is 10.5 Å². The average molecular weight is 204 g/mol. The standard InChI is InChI=1S/C12H16N2O/c1-8-4-10(6-11(14)7-13)5-9(2)12(8)15-3/h4-5,11H,6,14H2,1-3H3. The molecule has 80 valence electrons. The highest BCUT2D eigenvalue weighted by molar-refractivity contribution is 5.43. The van der Waals surface area contributed by atoms with Crippen molar-refractivity contribution in [3.63, 3.8) is 0 Å². The van der Waals surface area contributed by atoms with Gasteiger partial charge in [0.15, 0.2) is 0 Å². The molecule has 0 saturated carbocycles. The Morgan fingerprint density at radius 2 is 1.93 bits per heavy atom. The predicted octanol–water partition coefficient (Wildman–Crippen LogP) is 1.71. The molecular weight excluding hydrogens is 188 g/mol. The maximum absolute atomic E-state index is 8.64. The summed E-state index contributed by atoms with van der Waals surface area (Å²) in [7, 11) is 1.66. The molecule has 1 atom stereocenters. The van der Waals surface area contributed by atoms with Crippen LogP contribution >= 0.6 is 0 Å². The fourth-order valence-electron chi connectivity index (χ4n) is 1.78. The van der Waals surface area contributed by atoms with E-state index in [1.807, 2.05) is 32.0 Å². The minimum atomic E-state index is -0.433. The summed E-state index contributed by atoms with van der Waals surface area (Å²) >= 11 is 0. The monoisotopic (exact) mass is 204 g/mol. The molecule has 1 rings (SSSR count). The van der Waals surface area contributed by atoms with Crippen LogP contribution in [0.15, 0.2) is 12.1 Å². The minimum Gasteiger partial charge on any atom is -0.496 e. The third-order valence-corrected chi connectivity index (χ3v) is 2.35. The summed E-state index contributed by atoms with van der Waals surface area (Å²) in [5, 5.41) is 8.64. The zero-order chi connectivity index (χ0) is 11.4. The van der Waals surface area contributed by atoms with Crippen molar-refractivity contribution in [1.29, 1.82) is 5.26 Å². The van der Waals surface area contributed by atoms with E-state index in [9.17, 15) is 0 Å². The Labute approximate surface area is 90.5 Å². The van der Waals surface area contributed by atoms with Gasteiger partial charge in [-0.15, -0.1) is 0 Å². The van der Waals surface area contributed by atoms with E-state index in [1.165, 1.54) is 0 Å². The van der Waals surface area contributed by atoms with E-state index in [0.717, 1.165) is 22.4 Å². The van der Waals surface area contributed by atoms with E-state index in [4.69, 9.17) is 15.7 Å².